The van der Waals surface area contributed by atoms with Crippen molar-refractivity contribution in [1.29, 1.82) is 0 Å². The topological polar surface area (TPSA) is 76.1 Å². The number of aliphatic hydroxyl groups is 1. The lowest BCUT2D eigenvalue weighted by Gasteiger charge is -2.25. The van der Waals surface area contributed by atoms with E-state index >= 15 is 0 Å². The number of likely N-dealkylation sites (N-methyl/N-ethyl adjacent to an activating group) is 1. The predicted octanol–water partition coefficient (Wildman–Crippen LogP) is 3.45. The van der Waals surface area contributed by atoms with Gasteiger partial charge in [-0.05, 0) is 38.0 Å². The van der Waals surface area contributed by atoms with Gasteiger partial charge in [-0.2, -0.15) is 0 Å². The maximum atomic E-state index is 13.1. The number of ether oxygens (including phenoxy) is 2. The third kappa shape index (κ3) is 4.39. The number of nitrogens with zero attached hydrogens (tertiary/aromatic N) is 1. The van der Waals surface area contributed by atoms with E-state index in [-0.39, 0.29) is 24.6 Å². The van der Waals surface area contributed by atoms with Crippen molar-refractivity contribution in [3.63, 3.8) is 0 Å². The van der Waals surface area contributed by atoms with E-state index in [1.54, 1.807) is 19.1 Å². The number of anilines is 1. The van der Waals surface area contributed by atoms with Gasteiger partial charge in [0.25, 0.3) is 0 Å². The molecule has 1 aliphatic rings. The normalized spacial score (nSPS) is 13.1. The number of aliphatic hydroxyl groups excluding tert-OH is 1. The van der Waals surface area contributed by atoms with Crippen molar-refractivity contribution in [3.8, 4) is 5.75 Å². The molecule has 0 bridgehead atoms. The number of carbonyl (C=O) groups is 2. The molecular formula is C24H27NO5. The van der Waals surface area contributed by atoms with Gasteiger partial charge in [0.2, 0.25) is 5.78 Å². The highest BCUT2D eigenvalue weighted by Gasteiger charge is 2.33. The fourth-order valence-corrected chi connectivity index (χ4v) is 3.53. The molecule has 1 N–H and O–H groups in total. The summed E-state index contributed by atoms with van der Waals surface area (Å²) in [7, 11) is 0. The second-order valence-electron chi connectivity index (χ2n) is 7.04. The van der Waals surface area contributed by atoms with Gasteiger partial charge in [-0.25, -0.2) is 4.79 Å². The van der Waals surface area contributed by atoms with Gasteiger partial charge in [0.15, 0.2) is 0 Å². The maximum Gasteiger partial charge on any atom is 0.345 e. The van der Waals surface area contributed by atoms with Crippen LogP contribution in [-0.4, -0.2) is 43.2 Å². The average molecular weight is 409 g/mol. The van der Waals surface area contributed by atoms with E-state index in [1.165, 1.54) is 0 Å². The Labute approximate surface area is 176 Å². The number of carbonyl (C=O) groups excluding carboxylic acids is 2. The molecule has 3 rings (SSSR count). The molecule has 0 atom stereocenters. The van der Waals surface area contributed by atoms with Crippen LogP contribution in [0.5, 0.6) is 5.75 Å². The number of allylic oxidation sites excluding steroid dienone is 1. The van der Waals surface area contributed by atoms with Crippen LogP contribution in [0.2, 0.25) is 0 Å². The van der Waals surface area contributed by atoms with Crippen LogP contribution in [0, 0.1) is 6.92 Å². The summed E-state index contributed by atoms with van der Waals surface area (Å²) >= 11 is 0. The minimum atomic E-state index is -0.670. The fourth-order valence-electron chi connectivity index (χ4n) is 3.53. The summed E-state index contributed by atoms with van der Waals surface area (Å²) in [6.07, 6.45) is 0.327. The molecule has 0 spiro atoms. The summed E-state index contributed by atoms with van der Waals surface area (Å²) in [6.45, 7) is 7.06. The Morgan fingerprint density at radius 1 is 1.17 bits per heavy atom. The third-order valence-corrected chi connectivity index (χ3v) is 5.12. The number of hydrogen-bond acceptors (Lipinski definition) is 6. The molecular weight excluding hydrogens is 382 g/mol. The van der Waals surface area contributed by atoms with E-state index in [1.807, 2.05) is 49.1 Å². The first-order valence-corrected chi connectivity index (χ1v) is 10.2. The van der Waals surface area contributed by atoms with Crippen LogP contribution in [0.15, 0.2) is 53.8 Å². The largest absolute Gasteiger partial charge is 0.462 e. The van der Waals surface area contributed by atoms with Crippen molar-refractivity contribution in [3.05, 3.63) is 70.5 Å². The standard InChI is InChI=1S/C24H27NO5/c1-4-25(12-13-26)18-11-10-16(3)20(15-18)30-21-14-17-8-6-7-9-19(17)23(27)22(21)24(28)29-5-2/h6-11,15,26H,4-5,12-14H2,1-3H3. The highest BCUT2D eigenvalue weighted by molar-refractivity contribution is 6.25. The van der Waals surface area contributed by atoms with Crippen molar-refractivity contribution in [2.24, 2.45) is 0 Å². The molecule has 0 radical (unpaired) electrons. The van der Waals surface area contributed by atoms with E-state index in [0.717, 1.165) is 23.4 Å². The Morgan fingerprint density at radius 3 is 2.63 bits per heavy atom. The van der Waals surface area contributed by atoms with Crippen molar-refractivity contribution in [1.82, 2.24) is 0 Å². The third-order valence-electron chi connectivity index (χ3n) is 5.12. The van der Waals surface area contributed by atoms with Crippen LogP contribution >= 0.6 is 0 Å². The van der Waals surface area contributed by atoms with Crippen LogP contribution in [0.3, 0.4) is 0 Å². The molecule has 2 aromatic carbocycles. The van der Waals surface area contributed by atoms with Gasteiger partial charge in [0.05, 0.1) is 13.2 Å². The number of hydrogen-bond donors (Lipinski definition) is 1. The maximum absolute atomic E-state index is 13.1. The predicted molar refractivity (Wildman–Crippen MR) is 115 cm³/mol. The van der Waals surface area contributed by atoms with Gasteiger partial charge in [0.1, 0.15) is 17.1 Å². The summed E-state index contributed by atoms with van der Waals surface area (Å²) in [4.78, 5) is 27.7. The van der Waals surface area contributed by atoms with Gasteiger partial charge >= 0.3 is 5.97 Å². The number of Topliss-reactive ketones (excluding diaryl/α,β-unsaturated/α-hetero) is 1. The Bertz CT molecular complexity index is 979. The average Bonchev–Trinajstić information content (AvgIpc) is 2.74. The highest BCUT2D eigenvalue weighted by Crippen LogP contribution is 2.32. The lowest BCUT2D eigenvalue weighted by Crippen LogP contribution is -2.27. The Morgan fingerprint density at radius 2 is 1.93 bits per heavy atom. The summed E-state index contributed by atoms with van der Waals surface area (Å²) in [6, 6.07) is 13.0. The van der Waals surface area contributed by atoms with Gasteiger partial charge in [0, 0.05) is 36.8 Å². The summed E-state index contributed by atoms with van der Waals surface area (Å²) in [5.41, 5.74) is 3.03. The first-order chi connectivity index (χ1) is 14.5. The summed E-state index contributed by atoms with van der Waals surface area (Å²) in [5, 5.41) is 9.31. The second-order valence-corrected chi connectivity index (χ2v) is 7.04. The van der Waals surface area contributed by atoms with Gasteiger partial charge in [-0.15, -0.1) is 0 Å². The zero-order valence-electron chi connectivity index (χ0n) is 17.6. The molecule has 158 valence electrons. The molecule has 6 heteroatoms. The molecule has 6 nitrogen and oxygen atoms in total. The van der Waals surface area contributed by atoms with Crippen molar-refractivity contribution in [2.45, 2.75) is 27.2 Å². The fraction of sp³-hybridized carbons (Fsp3) is 0.333. The molecule has 0 fully saturated rings. The van der Waals surface area contributed by atoms with E-state index in [2.05, 4.69) is 0 Å². The van der Waals surface area contributed by atoms with Crippen LogP contribution < -0.4 is 9.64 Å². The number of esters is 1. The minimum absolute atomic E-state index is 0.0430. The number of ketones is 1. The lowest BCUT2D eigenvalue weighted by molar-refractivity contribution is -0.138. The first kappa shape index (κ1) is 21.6. The SMILES string of the molecule is CCOC(=O)C1=C(Oc2cc(N(CC)CCO)ccc2C)Cc2ccccc2C1=O. The number of rotatable bonds is 8. The summed E-state index contributed by atoms with van der Waals surface area (Å²) in [5.74, 6) is -0.193. The zero-order valence-corrected chi connectivity index (χ0v) is 17.6. The van der Waals surface area contributed by atoms with Crippen molar-refractivity contribution in [2.75, 3.05) is 31.2 Å². The van der Waals surface area contributed by atoms with Crippen LogP contribution in [0.25, 0.3) is 0 Å². The monoisotopic (exact) mass is 409 g/mol. The summed E-state index contributed by atoms with van der Waals surface area (Å²) < 4.78 is 11.3. The van der Waals surface area contributed by atoms with E-state index in [4.69, 9.17) is 9.47 Å². The molecule has 0 heterocycles. The minimum Gasteiger partial charge on any atom is -0.462 e. The zero-order chi connectivity index (χ0) is 21.7. The molecule has 30 heavy (non-hydrogen) atoms. The number of benzene rings is 2. The Hall–Kier alpha value is -3.12. The quantitative estimate of drug-likeness (QED) is 0.532. The van der Waals surface area contributed by atoms with Crippen LogP contribution in [-0.2, 0) is 16.0 Å². The van der Waals surface area contributed by atoms with Crippen molar-refractivity contribution < 1.29 is 24.2 Å². The second kappa shape index (κ2) is 9.59. The van der Waals surface area contributed by atoms with E-state index in [0.29, 0.717) is 30.0 Å². The molecule has 2 aromatic rings. The Balaban J connectivity index is 2.03. The van der Waals surface area contributed by atoms with Crippen LogP contribution in [0.4, 0.5) is 5.69 Å². The number of aryl methyl sites for hydroxylation is 1. The molecule has 1 aliphatic carbocycles. The van der Waals surface area contributed by atoms with Gasteiger partial charge < -0.3 is 19.5 Å². The molecule has 0 unspecified atom stereocenters. The molecule has 0 saturated carbocycles. The molecule has 0 amide bonds. The molecule has 0 aromatic heterocycles. The van der Waals surface area contributed by atoms with Gasteiger partial charge in [-0.3, -0.25) is 4.79 Å². The molecule has 0 saturated heterocycles. The highest BCUT2D eigenvalue weighted by atomic mass is 16.5. The van der Waals surface area contributed by atoms with Crippen LogP contribution in [0.1, 0.15) is 35.3 Å². The Kier molecular flexibility index (Phi) is 6.90. The first-order valence-electron chi connectivity index (χ1n) is 10.2. The lowest BCUT2D eigenvalue weighted by atomic mass is 9.89. The smallest absolute Gasteiger partial charge is 0.345 e. The van der Waals surface area contributed by atoms with Gasteiger partial charge in [-0.1, -0.05) is 30.3 Å². The number of fused-ring (bicyclic) bond motifs is 1. The van der Waals surface area contributed by atoms with Crippen molar-refractivity contribution >= 4 is 17.4 Å². The van der Waals surface area contributed by atoms with E-state index < -0.39 is 5.97 Å². The van der Waals surface area contributed by atoms with E-state index in [9.17, 15) is 14.7 Å². The molecule has 0 aliphatic heterocycles.